The zero-order chi connectivity index (χ0) is 14.0. The Balaban J connectivity index is 3.03. The Morgan fingerprint density at radius 1 is 1.33 bits per heavy atom. The molecule has 0 aliphatic carbocycles. The van der Waals surface area contributed by atoms with Crippen LogP contribution < -0.4 is 0 Å². The number of aliphatic hydroxyl groups is 1. The Hall–Kier alpha value is -1.08. The number of benzene rings is 1. The van der Waals surface area contributed by atoms with E-state index in [4.69, 9.17) is 5.11 Å². The minimum atomic E-state index is -4.57. The van der Waals surface area contributed by atoms with Crippen LogP contribution in [-0.4, -0.2) is 25.4 Å². The van der Waals surface area contributed by atoms with Crippen LogP contribution in [0.5, 0.6) is 0 Å². The van der Waals surface area contributed by atoms with Crippen molar-refractivity contribution in [3.8, 4) is 0 Å². The van der Waals surface area contributed by atoms with Crippen LogP contribution in [-0.2, 0) is 16.0 Å². The zero-order valence-electron chi connectivity index (χ0n) is 9.61. The molecule has 0 aromatic heterocycles. The van der Waals surface area contributed by atoms with E-state index in [0.717, 1.165) is 18.2 Å². The van der Waals surface area contributed by atoms with Crippen LogP contribution in [0.25, 0.3) is 0 Å². The Morgan fingerprint density at radius 3 is 2.44 bits per heavy atom. The first-order valence-electron chi connectivity index (χ1n) is 5.21. The van der Waals surface area contributed by atoms with Gasteiger partial charge in [-0.3, -0.25) is 0 Å². The number of rotatable bonds is 4. The molecule has 0 aliphatic rings. The maximum Gasteiger partial charge on any atom is 0.416 e. The van der Waals surface area contributed by atoms with Gasteiger partial charge >= 0.3 is 6.18 Å². The summed E-state index contributed by atoms with van der Waals surface area (Å²) in [4.78, 5) is -0.377. The molecule has 0 saturated heterocycles. The highest BCUT2D eigenvalue weighted by Crippen LogP contribution is 2.30. The molecule has 1 aromatic rings. The number of hydrogen-bond donors (Lipinski definition) is 1. The number of sulfone groups is 1. The van der Waals surface area contributed by atoms with Crippen molar-refractivity contribution in [2.45, 2.75) is 30.5 Å². The van der Waals surface area contributed by atoms with Crippen LogP contribution in [0.15, 0.2) is 29.2 Å². The van der Waals surface area contributed by atoms with E-state index in [0.29, 0.717) is 6.07 Å². The molecule has 1 unspecified atom stereocenters. The molecule has 1 aromatic carbocycles. The third-order valence-electron chi connectivity index (χ3n) is 2.32. The first kappa shape index (κ1) is 15.0. The van der Waals surface area contributed by atoms with E-state index < -0.39 is 27.7 Å². The van der Waals surface area contributed by atoms with E-state index in [1.807, 2.05) is 0 Å². The van der Waals surface area contributed by atoms with Gasteiger partial charge < -0.3 is 5.11 Å². The summed E-state index contributed by atoms with van der Waals surface area (Å²) < 4.78 is 60.8. The van der Waals surface area contributed by atoms with E-state index in [1.165, 1.54) is 6.92 Å². The van der Waals surface area contributed by atoms with E-state index in [2.05, 4.69) is 0 Å². The van der Waals surface area contributed by atoms with Crippen molar-refractivity contribution in [2.24, 2.45) is 0 Å². The van der Waals surface area contributed by atoms with Gasteiger partial charge in [-0.2, -0.15) is 13.2 Å². The average Bonchev–Trinajstić information content (AvgIpc) is 2.26. The Morgan fingerprint density at radius 2 is 1.94 bits per heavy atom. The van der Waals surface area contributed by atoms with Crippen LogP contribution in [0.2, 0.25) is 0 Å². The summed E-state index contributed by atoms with van der Waals surface area (Å²) in [7, 11) is -3.80. The smallest absolute Gasteiger partial charge is 0.393 e. The summed E-state index contributed by atoms with van der Waals surface area (Å²) in [6, 6.07) is 3.59. The maximum atomic E-state index is 12.4. The maximum absolute atomic E-state index is 12.4. The molecule has 3 nitrogen and oxygen atoms in total. The third-order valence-corrected chi connectivity index (χ3v) is 4.07. The largest absolute Gasteiger partial charge is 0.416 e. The predicted molar refractivity (Wildman–Crippen MR) is 59.8 cm³/mol. The summed E-state index contributed by atoms with van der Waals surface area (Å²) in [6.07, 6.45) is -5.40. The quantitative estimate of drug-likeness (QED) is 0.921. The fourth-order valence-corrected chi connectivity index (χ4v) is 2.79. The molecule has 0 saturated carbocycles. The Kier molecular flexibility index (Phi) is 4.39. The monoisotopic (exact) mass is 282 g/mol. The second-order valence-corrected chi connectivity index (χ2v) is 6.09. The first-order valence-corrected chi connectivity index (χ1v) is 6.86. The molecule has 18 heavy (non-hydrogen) atoms. The van der Waals surface area contributed by atoms with Crippen LogP contribution in [0.3, 0.4) is 0 Å². The van der Waals surface area contributed by atoms with Gasteiger partial charge in [-0.1, -0.05) is 6.07 Å². The molecule has 0 amide bonds. The fourth-order valence-electron chi connectivity index (χ4n) is 1.31. The van der Waals surface area contributed by atoms with E-state index >= 15 is 0 Å². The standard InChI is InChI=1S/C11H13F3O3S/c1-8(15)5-6-18(16,17)10-4-2-3-9(7-10)11(12,13)14/h2-4,7-8,15H,5-6H2,1H3. The highest BCUT2D eigenvalue weighted by atomic mass is 32.2. The first-order chi connectivity index (χ1) is 8.13. The second-order valence-electron chi connectivity index (χ2n) is 3.98. The molecule has 7 heteroatoms. The van der Waals surface area contributed by atoms with Crippen molar-refractivity contribution in [2.75, 3.05) is 5.75 Å². The lowest BCUT2D eigenvalue weighted by atomic mass is 10.2. The number of hydrogen-bond acceptors (Lipinski definition) is 3. The predicted octanol–water partition coefficient (Wildman–Crippen LogP) is 2.25. The molecular weight excluding hydrogens is 269 g/mol. The van der Waals surface area contributed by atoms with Gasteiger partial charge in [-0.05, 0) is 31.5 Å². The fraction of sp³-hybridized carbons (Fsp3) is 0.455. The average molecular weight is 282 g/mol. The molecule has 0 heterocycles. The number of alkyl halides is 3. The topological polar surface area (TPSA) is 54.4 Å². The molecular formula is C11H13F3O3S. The highest BCUT2D eigenvalue weighted by molar-refractivity contribution is 7.91. The summed E-state index contributed by atoms with van der Waals surface area (Å²) in [5.41, 5.74) is -0.999. The van der Waals surface area contributed by atoms with Crippen molar-refractivity contribution in [3.63, 3.8) is 0 Å². The van der Waals surface area contributed by atoms with Gasteiger partial charge in [0.2, 0.25) is 0 Å². The van der Waals surface area contributed by atoms with Crippen LogP contribution in [0.1, 0.15) is 18.9 Å². The van der Waals surface area contributed by atoms with Gasteiger partial charge in [-0.25, -0.2) is 8.42 Å². The molecule has 1 atom stereocenters. The molecule has 0 aliphatic heterocycles. The lowest BCUT2D eigenvalue weighted by Crippen LogP contribution is -2.14. The molecule has 102 valence electrons. The summed E-state index contributed by atoms with van der Waals surface area (Å²) in [6.45, 7) is 1.42. The molecule has 0 radical (unpaired) electrons. The summed E-state index contributed by atoms with van der Waals surface area (Å²) in [5, 5.41) is 9.00. The zero-order valence-corrected chi connectivity index (χ0v) is 10.4. The lowest BCUT2D eigenvalue weighted by molar-refractivity contribution is -0.137. The van der Waals surface area contributed by atoms with Crippen LogP contribution >= 0.6 is 0 Å². The Labute approximate surface area is 103 Å². The van der Waals surface area contributed by atoms with Gasteiger partial charge in [0.15, 0.2) is 9.84 Å². The molecule has 1 rings (SSSR count). The van der Waals surface area contributed by atoms with Crippen molar-refractivity contribution in [1.82, 2.24) is 0 Å². The summed E-state index contributed by atoms with van der Waals surface area (Å²) in [5.74, 6) is -0.383. The van der Waals surface area contributed by atoms with Gasteiger partial charge in [-0.15, -0.1) is 0 Å². The van der Waals surface area contributed by atoms with Gasteiger partial charge in [0.1, 0.15) is 0 Å². The van der Waals surface area contributed by atoms with Crippen molar-refractivity contribution in [3.05, 3.63) is 29.8 Å². The van der Waals surface area contributed by atoms with Gasteiger partial charge in [0, 0.05) is 0 Å². The van der Waals surface area contributed by atoms with E-state index in [9.17, 15) is 21.6 Å². The molecule has 1 N–H and O–H groups in total. The highest BCUT2D eigenvalue weighted by Gasteiger charge is 2.31. The third kappa shape index (κ3) is 3.99. The van der Waals surface area contributed by atoms with Crippen LogP contribution in [0.4, 0.5) is 13.2 Å². The van der Waals surface area contributed by atoms with E-state index in [1.54, 1.807) is 0 Å². The number of aliphatic hydroxyl groups excluding tert-OH is 1. The second kappa shape index (κ2) is 5.27. The van der Waals surface area contributed by atoms with Crippen LogP contribution in [0, 0.1) is 0 Å². The summed E-state index contributed by atoms with van der Waals surface area (Å²) >= 11 is 0. The Bertz CT molecular complexity index is 507. The molecule has 0 spiro atoms. The number of halogens is 3. The van der Waals surface area contributed by atoms with Crippen molar-refractivity contribution < 1.29 is 26.7 Å². The normalized spacial score (nSPS) is 14.5. The minimum Gasteiger partial charge on any atom is -0.393 e. The SMILES string of the molecule is CC(O)CCS(=O)(=O)c1cccc(C(F)(F)F)c1. The van der Waals surface area contributed by atoms with Gasteiger partial charge in [0.25, 0.3) is 0 Å². The molecule has 0 fully saturated rings. The molecule has 0 bridgehead atoms. The van der Waals surface area contributed by atoms with Crippen molar-refractivity contribution >= 4 is 9.84 Å². The minimum absolute atomic E-state index is 0.0153. The van der Waals surface area contributed by atoms with E-state index in [-0.39, 0.29) is 17.1 Å². The lowest BCUT2D eigenvalue weighted by Gasteiger charge is -2.10. The van der Waals surface area contributed by atoms with Crippen molar-refractivity contribution in [1.29, 1.82) is 0 Å². The van der Waals surface area contributed by atoms with Gasteiger partial charge in [0.05, 0.1) is 22.3 Å².